The molecule has 0 spiro atoms. The lowest BCUT2D eigenvalue weighted by atomic mass is 10.4. The van der Waals surface area contributed by atoms with Crippen LogP contribution in [0.2, 0.25) is 0 Å². The molecule has 0 atom stereocenters. The molecule has 49 valence electrons. The average molecular weight is 149 g/mol. The number of rotatable bonds is 0. The first-order valence-corrected chi connectivity index (χ1v) is 3.94. The fourth-order valence-electron chi connectivity index (χ4n) is 0.991. The van der Waals surface area contributed by atoms with E-state index in [0.29, 0.717) is 0 Å². The molecule has 10 heavy (non-hydrogen) atoms. The van der Waals surface area contributed by atoms with Gasteiger partial charge in [-0.3, -0.25) is 0 Å². The molecule has 0 bridgehead atoms. The maximum absolute atomic E-state index is 3.84. The van der Waals surface area contributed by atoms with Gasteiger partial charge < -0.3 is 0 Å². The number of hydrogen-bond acceptors (Lipinski definition) is 1. The molecule has 0 aliphatic rings. The second-order valence-electron chi connectivity index (χ2n) is 2.15. The van der Waals surface area contributed by atoms with Crippen LogP contribution in [0.5, 0.6) is 0 Å². The van der Waals surface area contributed by atoms with Crippen molar-refractivity contribution in [2.45, 2.75) is 0 Å². The topological polar surface area (TPSA) is 3.88 Å². The first-order valence-electron chi connectivity index (χ1n) is 3.07. The van der Waals surface area contributed by atoms with Crippen LogP contribution in [0.15, 0.2) is 29.8 Å². The zero-order valence-electron chi connectivity index (χ0n) is 5.45. The first-order chi connectivity index (χ1) is 4.88. The Morgan fingerprint density at radius 2 is 2.30 bits per heavy atom. The Balaban J connectivity index is 2.95. The molecule has 1 nitrogen and oxygen atoms in total. The van der Waals surface area contributed by atoms with Gasteiger partial charge in [-0.15, -0.1) is 11.3 Å². The lowest BCUT2D eigenvalue weighted by Crippen LogP contribution is -2.24. The summed E-state index contributed by atoms with van der Waals surface area (Å²) in [6, 6.07) is 6.18. The molecule has 2 rings (SSSR count). The number of nitrogens with zero attached hydrogens (tertiary/aromatic N) is 1. The maximum atomic E-state index is 3.84. The number of fused-ring (bicyclic) bond motifs is 1. The molecular weight excluding hydrogens is 142 g/mol. The van der Waals surface area contributed by atoms with Crippen molar-refractivity contribution in [2.75, 3.05) is 0 Å². The van der Waals surface area contributed by atoms with Gasteiger partial charge >= 0.3 is 0 Å². The molecule has 0 amide bonds. The molecule has 2 aromatic heterocycles. The third-order valence-electron chi connectivity index (χ3n) is 1.50. The van der Waals surface area contributed by atoms with Crippen molar-refractivity contribution < 1.29 is 4.57 Å². The van der Waals surface area contributed by atoms with Gasteiger partial charge in [0, 0.05) is 12.1 Å². The van der Waals surface area contributed by atoms with Gasteiger partial charge in [0.15, 0.2) is 6.20 Å². The van der Waals surface area contributed by atoms with Gasteiger partial charge in [-0.05, 0) is 11.4 Å². The minimum absolute atomic E-state index is 1.20. The number of hydrogen-bond donors (Lipinski definition) is 0. The molecule has 2 heteroatoms. The summed E-state index contributed by atoms with van der Waals surface area (Å²) in [5.74, 6) is 0. The van der Waals surface area contributed by atoms with Crippen LogP contribution >= 0.6 is 11.3 Å². The van der Waals surface area contributed by atoms with E-state index >= 15 is 0 Å². The van der Waals surface area contributed by atoms with E-state index in [-0.39, 0.29) is 0 Å². The SMILES string of the molecule is [CH2][n+]1cccc2sccc21. The van der Waals surface area contributed by atoms with Crippen LogP contribution in [0, 0.1) is 7.05 Å². The Kier molecular flexibility index (Phi) is 1.21. The molecule has 0 aliphatic heterocycles. The second kappa shape index (κ2) is 2.06. The summed E-state index contributed by atoms with van der Waals surface area (Å²) < 4.78 is 3.17. The van der Waals surface area contributed by atoms with Crippen molar-refractivity contribution in [3.8, 4) is 0 Å². The summed E-state index contributed by atoms with van der Waals surface area (Å²) in [5.41, 5.74) is 1.20. The van der Waals surface area contributed by atoms with E-state index in [2.05, 4.69) is 24.6 Å². The molecular formula is C8H7NS+. The summed E-state index contributed by atoms with van der Waals surface area (Å²) in [6.45, 7) is 0. The van der Waals surface area contributed by atoms with Crippen LogP contribution in [-0.4, -0.2) is 0 Å². The fourth-order valence-corrected chi connectivity index (χ4v) is 1.80. The monoisotopic (exact) mass is 149 g/mol. The van der Waals surface area contributed by atoms with Crippen molar-refractivity contribution in [1.82, 2.24) is 0 Å². The van der Waals surface area contributed by atoms with Gasteiger partial charge in [-0.2, -0.15) is 4.57 Å². The van der Waals surface area contributed by atoms with Gasteiger partial charge in [0.2, 0.25) is 12.6 Å². The number of pyridine rings is 1. The van der Waals surface area contributed by atoms with E-state index < -0.39 is 0 Å². The summed E-state index contributed by atoms with van der Waals surface area (Å²) >= 11 is 1.74. The quantitative estimate of drug-likeness (QED) is 0.503. The highest BCUT2D eigenvalue weighted by Gasteiger charge is 2.02. The van der Waals surface area contributed by atoms with Gasteiger partial charge in [0.25, 0.3) is 0 Å². The van der Waals surface area contributed by atoms with Crippen LogP contribution in [0.25, 0.3) is 10.2 Å². The van der Waals surface area contributed by atoms with E-state index in [9.17, 15) is 0 Å². The van der Waals surface area contributed by atoms with Crippen LogP contribution in [-0.2, 0) is 0 Å². The van der Waals surface area contributed by atoms with Crippen LogP contribution in [0.3, 0.4) is 0 Å². The third-order valence-corrected chi connectivity index (χ3v) is 2.37. The highest BCUT2D eigenvalue weighted by molar-refractivity contribution is 7.17. The second-order valence-corrected chi connectivity index (χ2v) is 3.10. The van der Waals surface area contributed by atoms with Crippen LogP contribution in [0.1, 0.15) is 0 Å². The zero-order chi connectivity index (χ0) is 6.97. The Hall–Kier alpha value is -0.890. The zero-order valence-corrected chi connectivity index (χ0v) is 6.27. The summed E-state index contributed by atoms with van der Waals surface area (Å²) in [7, 11) is 3.84. The minimum atomic E-state index is 1.20. The van der Waals surface area contributed by atoms with Crippen LogP contribution in [0.4, 0.5) is 0 Å². The molecule has 0 fully saturated rings. The summed E-state index contributed by atoms with van der Waals surface area (Å²) in [4.78, 5) is 0. The van der Waals surface area contributed by atoms with Gasteiger partial charge in [-0.1, -0.05) is 0 Å². The molecule has 2 aromatic rings. The van der Waals surface area contributed by atoms with Gasteiger partial charge in [0.1, 0.15) is 0 Å². The van der Waals surface area contributed by atoms with Crippen molar-refractivity contribution in [2.24, 2.45) is 0 Å². The first kappa shape index (κ1) is 5.86. The van der Waals surface area contributed by atoms with Crippen molar-refractivity contribution in [1.29, 1.82) is 0 Å². The number of aromatic nitrogens is 1. The fraction of sp³-hybridized carbons (Fsp3) is 0. The molecule has 1 radical (unpaired) electrons. The van der Waals surface area contributed by atoms with Crippen molar-refractivity contribution in [3.63, 3.8) is 0 Å². The highest BCUT2D eigenvalue weighted by Crippen LogP contribution is 2.15. The molecule has 2 heterocycles. The summed E-state index contributed by atoms with van der Waals surface area (Å²) in [6.07, 6.45) is 1.95. The molecule has 0 N–H and O–H groups in total. The number of thiophene rings is 1. The van der Waals surface area contributed by atoms with Crippen molar-refractivity contribution in [3.05, 3.63) is 36.8 Å². The Morgan fingerprint density at radius 1 is 1.40 bits per heavy atom. The Bertz CT molecular complexity index is 351. The predicted molar refractivity (Wildman–Crippen MR) is 42.8 cm³/mol. The third kappa shape index (κ3) is 0.727. The van der Waals surface area contributed by atoms with Crippen molar-refractivity contribution >= 4 is 21.6 Å². The van der Waals surface area contributed by atoms with E-state index in [1.165, 1.54) is 10.2 Å². The van der Waals surface area contributed by atoms with E-state index in [0.717, 1.165) is 0 Å². The highest BCUT2D eigenvalue weighted by atomic mass is 32.1. The largest absolute Gasteiger partial charge is 0.223 e. The molecule has 0 aromatic carbocycles. The Labute approximate surface area is 63.5 Å². The lowest BCUT2D eigenvalue weighted by molar-refractivity contribution is -0.584. The lowest BCUT2D eigenvalue weighted by Gasteiger charge is -1.85. The van der Waals surface area contributed by atoms with Gasteiger partial charge in [0.05, 0.1) is 4.70 Å². The molecule has 0 saturated carbocycles. The Morgan fingerprint density at radius 3 is 3.10 bits per heavy atom. The van der Waals surface area contributed by atoms with E-state index in [4.69, 9.17) is 0 Å². The average Bonchev–Trinajstić information content (AvgIpc) is 2.36. The minimum Gasteiger partial charge on any atom is -0.191 e. The molecule has 0 aliphatic carbocycles. The van der Waals surface area contributed by atoms with Gasteiger partial charge in [-0.25, -0.2) is 0 Å². The maximum Gasteiger partial charge on any atom is 0.223 e. The van der Waals surface area contributed by atoms with E-state index in [1.54, 1.807) is 11.3 Å². The smallest absolute Gasteiger partial charge is 0.191 e. The standard InChI is InChI=1S/C8H7NS/c1-9-5-2-3-8-7(9)4-6-10-8/h2-6H,1H2/q+1. The normalized spacial score (nSPS) is 10.5. The molecule has 0 unspecified atom stereocenters. The van der Waals surface area contributed by atoms with Crippen LogP contribution < -0.4 is 4.57 Å². The van der Waals surface area contributed by atoms with E-state index in [1.807, 2.05) is 16.8 Å². The summed E-state index contributed by atoms with van der Waals surface area (Å²) in [5, 5.41) is 2.08. The predicted octanol–water partition coefficient (Wildman–Crippen LogP) is 1.83. The molecule has 0 saturated heterocycles.